The Morgan fingerprint density at radius 3 is 2.43 bits per heavy atom. The van der Waals surface area contributed by atoms with Crippen LogP contribution in [0.25, 0.3) is 0 Å². The lowest BCUT2D eigenvalue weighted by Crippen LogP contribution is -2.47. The zero-order valence-corrected chi connectivity index (χ0v) is 8.02. The van der Waals surface area contributed by atoms with Crippen LogP contribution in [0, 0.1) is 0 Å². The summed E-state index contributed by atoms with van der Waals surface area (Å²) in [6.07, 6.45) is -3.33. The van der Waals surface area contributed by atoms with Gasteiger partial charge in [0.05, 0.1) is 0 Å². The van der Waals surface area contributed by atoms with E-state index in [9.17, 15) is 13.2 Å². The van der Waals surface area contributed by atoms with E-state index in [1.165, 1.54) is 12.3 Å². The van der Waals surface area contributed by atoms with E-state index in [1.807, 2.05) is 0 Å². The van der Waals surface area contributed by atoms with Crippen molar-refractivity contribution >= 4 is 11.6 Å². The summed E-state index contributed by atoms with van der Waals surface area (Å²) in [5.74, 6) is 0. The predicted octanol–water partition coefficient (Wildman–Crippen LogP) is 2.47. The van der Waals surface area contributed by atoms with Crippen molar-refractivity contribution in [3.8, 4) is 0 Å². The molecule has 0 aliphatic heterocycles. The SMILES string of the molecule is CC(N)(c1ccnc(Cl)c1)C(F)(F)F. The van der Waals surface area contributed by atoms with Crippen LogP contribution in [-0.2, 0) is 5.54 Å². The fourth-order valence-corrected chi connectivity index (χ4v) is 1.06. The molecular weight excluding hydrogens is 217 g/mol. The number of aromatic nitrogens is 1. The van der Waals surface area contributed by atoms with Gasteiger partial charge in [-0.25, -0.2) is 4.98 Å². The van der Waals surface area contributed by atoms with Gasteiger partial charge in [-0.15, -0.1) is 0 Å². The lowest BCUT2D eigenvalue weighted by atomic mass is 9.94. The third kappa shape index (κ3) is 1.99. The molecule has 1 heterocycles. The molecule has 0 aliphatic rings. The smallest absolute Gasteiger partial charge is 0.314 e. The highest BCUT2D eigenvalue weighted by molar-refractivity contribution is 6.29. The molecule has 0 radical (unpaired) electrons. The third-order valence-corrected chi connectivity index (χ3v) is 2.12. The third-order valence-electron chi connectivity index (χ3n) is 1.92. The molecule has 1 unspecified atom stereocenters. The molecule has 0 aliphatic carbocycles. The van der Waals surface area contributed by atoms with Gasteiger partial charge in [0, 0.05) is 6.20 Å². The standard InChI is InChI=1S/C8H8ClF3N2/c1-7(13,8(10,11)12)5-2-3-14-6(9)4-5/h2-4H,13H2,1H3. The van der Waals surface area contributed by atoms with Gasteiger partial charge in [-0.1, -0.05) is 11.6 Å². The normalized spacial score (nSPS) is 16.4. The van der Waals surface area contributed by atoms with E-state index >= 15 is 0 Å². The van der Waals surface area contributed by atoms with E-state index in [1.54, 1.807) is 0 Å². The Balaban J connectivity index is 3.16. The summed E-state index contributed by atoms with van der Waals surface area (Å²) in [4.78, 5) is 3.58. The number of halogens is 4. The van der Waals surface area contributed by atoms with Crippen molar-refractivity contribution < 1.29 is 13.2 Å². The molecule has 6 heteroatoms. The zero-order chi connectivity index (χ0) is 11.0. The summed E-state index contributed by atoms with van der Waals surface area (Å²) in [7, 11) is 0. The molecule has 1 rings (SSSR count). The summed E-state index contributed by atoms with van der Waals surface area (Å²) in [6.45, 7) is 0.888. The first-order chi connectivity index (χ1) is 6.25. The first-order valence-corrected chi connectivity index (χ1v) is 4.10. The number of alkyl halides is 3. The van der Waals surface area contributed by atoms with Crippen LogP contribution in [-0.4, -0.2) is 11.2 Å². The molecule has 0 spiro atoms. The van der Waals surface area contributed by atoms with Gasteiger partial charge in [0.25, 0.3) is 0 Å². The van der Waals surface area contributed by atoms with Gasteiger partial charge in [0.2, 0.25) is 0 Å². The monoisotopic (exact) mass is 224 g/mol. The Kier molecular flexibility index (Phi) is 2.74. The van der Waals surface area contributed by atoms with Gasteiger partial charge >= 0.3 is 6.18 Å². The second-order valence-electron chi connectivity index (χ2n) is 3.07. The van der Waals surface area contributed by atoms with Gasteiger partial charge in [0.1, 0.15) is 10.7 Å². The zero-order valence-electron chi connectivity index (χ0n) is 7.27. The summed E-state index contributed by atoms with van der Waals surface area (Å²) >= 11 is 5.47. The number of nitrogens with zero attached hydrogens (tertiary/aromatic N) is 1. The Hall–Kier alpha value is -0.810. The highest BCUT2D eigenvalue weighted by atomic mass is 35.5. The van der Waals surface area contributed by atoms with Crippen molar-refractivity contribution in [2.24, 2.45) is 5.73 Å². The predicted molar refractivity (Wildman–Crippen MR) is 46.8 cm³/mol. The Morgan fingerprint density at radius 1 is 1.43 bits per heavy atom. The minimum absolute atomic E-state index is 0.0107. The van der Waals surface area contributed by atoms with Crippen LogP contribution in [0.3, 0.4) is 0 Å². The quantitative estimate of drug-likeness (QED) is 0.745. The van der Waals surface area contributed by atoms with E-state index in [4.69, 9.17) is 17.3 Å². The van der Waals surface area contributed by atoms with Crippen molar-refractivity contribution in [2.45, 2.75) is 18.6 Å². The molecule has 0 saturated heterocycles. The maximum Gasteiger partial charge on any atom is 0.410 e. The topological polar surface area (TPSA) is 38.9 Å². The summed E-state index contributed by atoms with van der Waals surface area (Å²) < 4.78 is 37.4. The highest BCUT2D eigenvalue weighted by Gasteiger charge is 2.49. The minimum atomic E-state index is -4.52. The number of pyridine rings is 1. The Labute approximate surface area is 83.9 Å². The maximum atomic E-state index is 12.5. The lowest BCUT2D eigenvalue weighted by Gasteiger charge is -2.27. The molecule has 1 atom stereocenters. The van der Waals surface area contributed by atoms with Crippen molar-refractivity contribution in [3.05, 3.63) is 29.0 Å². The van der Waals surface area contributed by atoms with Gasteiger partial charge in [-0.3, -0.25) is 0 Å². The second-order valence-corrected chi connectivity index (χ2v) is 3.45. The van der Waals surface area contributed by atoms with E-state index in [-0.39, 0.29) is 10.7 Å². The molecule has 0 bridgehead atoms. The fourth-order valence-electron chi connectivity index (χ4n) is 0.889. The molecule has 0 aromatic carbocycles. The minimum Gasteiger partial charge on any atom is -0.314 e. The van der Waals surface area contributed by atoms with Crippen LogP contribution in [0.2, 0.25) is 5.15 Å². The van der Waals surface area contributed by atoms with Crippen molar-refractivity contribution in [3.63, 3.8) is 0 Å². The molecule has 1 aromatic heterocycles. The van der Waals surface area contributed by atoms with Crippen LogP contribution < -0.4 is 5.73 Å². The number of hydrogen-bond donors (Lipinski definition) is 1. The maximum absolute atomic E-state index is 12.5. The molecule has 0 saturated carbocycles. The summed E-state index contributed by atoms with van der Waals surface area (Å²) in [6, 6.07) is 2.30. The van der Waals surface area contributed by atoms with Gasteiger partial charge in [-0.2, -0.15) is 13.2 Å². The van der Waals surface area contributed by atoms with Gasteiger partial charge < -0.3 is 5.73 Å². The Bertz CT molecular complexity index is 336. The molecular formula is C8H8ClF3N2. The second kappa shape index (κ2) is 3.40. The van der Waals surface area contributed by atoms with Crippen LogP contribution >= 0.6 is 11.6 Å². The Morgan fingerprint density at radius 2 is 2.00 bits per heavy atom. The van der Waals surface area contributed by atoms with E-state index < -0.39 is 11.7 Å². The van der Waals surface area contributed by atoms with Gasteiger partial charge in [0.15, 0.2) is 0 Å². The van der Waals surface area contributed by atoms with Crippen LogP contribution in [0.4, 0.5) is 13.2 Å². The largest absolute Gasteiger partial charge is 0.410 e. The molecule has 0 amide bonds. The van der Waals surface area contributed by atoms with Gasteiger partial charge in [-0.05, 0) is 24.6 Å². The van der Waals surface area contributed by atoms with Crippen LogP contribution in [0.5, 0.6) is 0 Å². The lowest BCUT2D eigenvalue weighted by molar-refractivity contribution is -0.184. The number of nitrogens with two attached hydrogens (primary N) is 1. The molecule has 2 N–H and O–H groups in total. The highest BCUT2D eigenvalue weighted by Crippen LogP contribution is 2.36. The van der Waals surface area contributed by atoms with Crippen molar-refractivity contribution in [1.82, 2.24) is 4.98 Å². The summed E-state index contributed by atoms with van der Waals surface area (Å²) in [5, 5.41) is -0.0107. The summed E-state index contributed by atoms with van der Waals surface area (Å²) in [5.41, 5.74) is 2.66. The average Bonchev–Trinajstić information content (AvgIpc) is 2.02. The van der Waals surface area contributed by atoms with E-state index in [0.717, 1.165) is 13.0 Å². The number of rotatable bonds is 1. The molecule has 78 valence electrons. The van der Waals surface area contributed by atoms with Crippen LogP contribution in [0.15, 0.2) is 18.3 Å². The fraction of sp³-hybridized carbons (Fsp3) is 0.375. The average molecular weight is 225 g/mol. The van der Waals surface area contributed by atoms with E-state index in [0.29, 0.717) is 0 Å². The first-order valence-electron chi connectivity index (χ1n) is 3.73. The van der Waals surface area contributed by atoms with E-state index in [2.05, 4.69) is 4.98 Å². The molecule has 14 heavy (non-hydrogen) atoms. The molecule has 1 aromatic rings. The molecule has 0 fully saturated rings. The first kappa shape index (κ1) is 11.3. The molecule has 2 nitrogen and oxygen atoms in total. The number of hydrogen-bond acceptors (Lipinski definition) is 2. The van der Waals surface area contributed by atoms with Crippen molar-refractivity contribution in [1.29, 1.82) is 0 Å². The van der Waals surface area contributed by atoms with Crippen LogP contribution in [0.1, 0.15) is 12.5 Å². The van der Waals surface area contributed by atoms with Crippen molar-refractivity contribution in [2.75, 3.05) is 0 Å².